The number of H-pyrrole nitrogens is 1. The molecule has 0 spiro atoms. The summed E-state index contributed by atoms with van der Waals surface area (Å²) < 4.78 is 0. The van der Waals surface area contributed by atoms with Crippen LogP contribution in [0.3, 0.4) is 0 Å². The predicted molar refractivity (Wildman–Crippen MR) is 63.6 cm³/mol. The van der Waals surface area contributed by atoms with Crippen LogP contribution < -0.4 is 5.32 Å². The quantitative estimate of drug-likeness (QED) is 0.846. The van der Waals surface area contributed by atoms with E-state index in [2.05, 4.69) is 15.3 Å². The zero-order valence-corrected chi connectivity index (χ0v) is 9.52. The Morgan fingerprint density at radius 2 is 2.13 bits per heavy atom. The molecular weight excluding hydrogens is 233 g/mol. The number of rotatable bonds is 2. The van der Waals surface area contributed by atoms with Crippen LogP contribution in [0.4, 0.5) is 5.95 Å². The highest BCUT2D eigenvalue weighted by Gasteiger charge is 2.06. The number of aromatic amines is 1. The molecule has 2 rings (SSSR count). The first-order valence-corrected chi connectivity index (χ1v) is 5.14. The van der Waals surface area contributed by atoms with Gasteiger partial charge >= 0.3 is 0 Å². The van der Waals surface area contributed by atoms with Crippen molar-refractivity contribution < 1.29 is 0 Å². The topological polar surface area (TPSA) is 40.7 Å². The van der Waals surface area contributed by atoms with Crippen molar-refractivity contribution in [1.82, 2.24) is 9.97 Å². The minimum atomic E-state index is 0.605. The van der Waals surface area contributed by atoms with Gasteiger partial charge in [-0.25, -0.2) is 4.98 Å². The normalized spacial score (nSPS) is 10.3. The maximum atomic E-state index is 6.06. The van der Waals surface area contributed by atoms with Gasteiger partial charge in [-0.15, -0.1) is 0 Å². The van der Waals surface area contributed by atoms with E-state index in [1.165, 1.54) is 0 Å². The highest BCUT2D eigenvalue weighted by molar-refractivity contribution is 6.36. The van der Waals surface area contributed by atoms with E-state index in [1.54, 1.807) is 25.4 Å². The molecule has 0 atom stereocenters. The number of benzene rings is 1. The van der Waals surface area contributed by atoms with Crippen molar-refractivity contribution >= 4 is 29.2 Å². The summed E-state index contributed by atoms with van der Waals surface area (Å²) in [7, 11) is 1.80. The molecule has 1 aromatic heterocycles. The van der Waals surface area contributed by atoms with Crippen LogP contribution in [0.25, 0.3) is 11.3 Å². The number of nitrogens with zero attached hydrogens (tertiary/aromatic N) is 1. The number of aromatic nitrogens is 2. The standard InChI is InChI=1S/C10H9Cl2N3/c1-13-10-14-5-9(15-10)7-3-2-6(11)4-8(7)12/h2-5H,1H3,(H2,13,14,15). The van der Waals surface area contributed by atoms with Crippen LogP contribution in [0.15, 0.2) is 24.4 Å². The average molecular weight is 242 g/mol. The van der Waals surface area contributed by atoms with Gasteiger partial charge in [-0.1, -0.05) is 23.2 Å². The Bertz CT molecular complexity index is 479. The molecule has 2 N–H and O–H groups in total. The number of hydrogen-bond donors (Lipinski definition) is 2. The Labute approximate surface area is 97.4 Å². The molecule has 0 aliphatic heterocycles. The second-order valence-corrected chi connectivity index (χ2v) is 3.86. The third-order valence-electron chi connectivity index (χ3n) is 2.03. The lowest BCUT2D eigenvalue weighted by Crippen LogP contribution is -1.89. The van der Waals surface area contributed by atoms with Gasteiger partial charge in [0.15, 0.2) is 5.95 Å². The largest absolute Gasteiger partial charge is 0.359 e. The lowest BCUT2D eigenvalue weighted by Gasteiger charge is -2.01. The second-order valence-electron chi connectivity index (χ2n) is 3.02. The van der Waals surface area contributed by atoms with E-state index in [4.69, 9.17) is 23.2 Å². The summed E-state index contributed by atoms with van der Waals surface area (Å²) in [5, 5.41) is 4.14. The molecule has 0 saturated heterocycles. The third-order valence-corrected chi connectivity index (χ3v) is 2.58. The Kier molecular flexibility index (Phi) is 2.84. The Balaban J connectivity index is 2.44. The Morgan fingerprint density at radius 3 is 2.73 bits per heavy atom. The van der Waals surface area contributed by atoms with Gasteiger partial charge in [0.2, 0.25) is 0 Å². The lowest BCUT2D eigenvalue weighted by atomic mass is 10.2. The maximum absolute atomic E-state index is 6.06. The molecule has 15 heavy (non-hydrogen) atoms. The fraction of sp³-hybridized carbons (Fsp3) is 0.100. The zero-order valence-electron chi connectivity index (χ0n) is 8.01. The fourth-order valence-electron chi connectivity index (χ4n) is 1.29. The van der Waals surface area contributed by atoms with Crippen molar-refractivity contribution in [3.8, 4) is 11.3 Å². The first-order valence-electron chi connectivity index (χ1n) is 4.39. The van der Waals surface area contributed by atoms with Gasteiger partial charge in [-0.3, -0.25) is 0 Å². The van der Waals surface area contributed by atoms with Crippen LogP contribution in [0.1, 0.15) is 0 Å². The zero-order chi connectivity index (χ0) is 10.8. The van der Waals surface area contributed by atoms with Crippen LogP contribution in [-0.4, -0.2) is 17.0 Å². The molecule has 1 aromatic carbocycles. The Morgan fingerprint density at radius 1 is 1.33 bits per heavy atom. The van der Waals surface area contributed by atoms with E-state index >= 15 is 0 Å². The molecule has 5 heteroatoms. The molecular formula is C10H9Cl2N3. The van der Waals surface area contributed by atoms with E-state index in [9.17, 15) is 0 Å². The molecule has 0 radical (unpaired) electrons. The summed E-state index contributed by atoms with van der Waals surface area (Å²) in [6, 6.07) is 5.36. The molecule has 0 unspecified atom stereocenters. The molecule has 0 amide bonds. The molecule has 78 valence electrons. The van der Waals surface area contributed by atoms with Gasteiger partial charge in [0.1, 0.15) is 0 Å². The first-order chi connectivity index (χ1) is 7.20. The van der Waals surface area contributed by atoms with Crippen molar-refractivity contribution in [2.45, 2.75) is 0 Å². The fourth-order valence-corrected chi connectivity index (χ4v) is 1.80. The second kappa shape index (κ2) is 4.13. The predicted octanol–water partition coefficient (Wildman–Crippen LogP) is 3.43. The summed E-state index contributed by atoms with van der Waals surface area (Å²) in [4.78, 5) is 7.21. The molecule has 0 bridgehead atoms. The van der Waals surface area contributed by atoms with Gasteiger partial charge in [-0.05, 0) is 18.2 Å². The molecule has 0 aliphatic rings. The van der Waals surface area contributed by atoms with Crippen LogP contribution >= 0.6 is 23.2 Å². The molecule has 0 fully saturated rings. The molecule has 1 heterocycles. The summed E-state index contributed by atoms with van der Waals surface area (Å²) in [5.74, 6) is 0.705. The van der Waals surface area contributed by atoms with Gasteiger partial charge in [0.25, 0.3) is 0 Å². The maximum Gasteiger partial charge on any atom is 0.200 e. The highest BCUT2D eigenvalue weighted by atomic mass is 35.5. The minimum Gasteiger partial charge on any atom is -0.359 e. The van der Waals surface area contributed by atoms with Crippen LogP contribution in [-0.2, 0) is 0 Å². The number of hydrogen-bond acceptors (Lipinski definition) is 2. The molecule has 0 aliphatic carbocycles. The number of anilines is 1. The van der Waals surface area contributed by atoms with Gasteiger partial charge in [0, 0.05) is 17.6 Å². The van der Waals surface area contributed by atoms with E-state index in [1.807, 2.05) is 6.07 Å². The van der Waals surface area contributed by atoms with Crippen molar-refractivity contribution in [1.29, 1.82) is 0 Å². The van der Waals surface area contributed by atoms with E-state index < -0.39 is 0 Å². The summed E-state index contributed by atoms with van der Waals surface area (Å²) >= 11 is 11.9. The van der Waals surface area contributed by atoms with Crippen molar-refractivity contribution in [2.75, 3.05) is 12.4 Å². The molecule has 3 nitrogen and oxygen atoms in total. The summed E-state index contributed by atoms with van der Waals surface area (Å²) in [5.41, 5.74) is 1.75. The monoisotopic (exact) mass is 241 g/mol. The lowest BCUT2D eigenvalue weighted by molar-refractivity contribution is 1.26. The average Bonchev–Trinajstić information content (AvgIpc) is 2.66. The van der Waals surface area contributed by atoms with Crippen LogP contribution in [0.2, 0.25) is 10.0 Å². The van der Waals surface area contributed by atoms with E-state index in [-0.39, 0.29) is 0 Å². The first kappa shape index (κ1) is 10.3. The van der Waals surface area contributed by atoms with Crippen molar-refractivity contribution in [2.24, 2.45) is 0 Å². The number of halogens is 2. The van der Waals surface area contributed by atoms with Crippen molar-refractivity contribution in [3.63, 3.8) is 0 Å². The summed E-state index contributed by atoms with van der Waals surface area (Å²) in [6.45, 7) is 0. The van der Waals surface area contributed by atoms with Crippen molar-refractivity contribution in [3.05, 3.63) is 34.4 Å². The van der Waals surface area contributed by atoms with Gasteiger partial charge < -0.3 is 10.3 Å². The van der Waals surface area contributed by atoms with E-state index in [0.29, 0.717) is 16.0 Å². The summed E-state index contributed by atoms with van der Waals surface area (Å²) in [6.07, 6.45) is 1.72. The molecule has 0 saturated carbocycles. The van der Waals surface area contributed by atoms with E-state index in [0.717, 1.165) is 11.3 Å². The smallest absolute Gasteiger partial charge is 0.200 e. The number of imidazole rings is 1. The number of nitrogens with one attached hydrogen (secondary N) is 2. The SMILES string of the molecule is CNc1ncc(-c2ccc(Cl)cc2Cl)[nH]1. The minimum absolute atomic E-state index is 0.605. The van der Waals surface area contributed by atoms with Gasteiger partial charge in [-0.2, -0.15) is 0 Å². The third kappa shape index (κ3) is 2.08. The molecule has 2 aromatic rings. The Hall–Kier alpha value is -1.19. The van der Waals surface area contributed by atoms with Crippen LogP contribution in [0, 0.1) is 0 Å². The van der Waals surface area contributed by atoms with Crippen LogP contribution in [0.5, 0.6) is 0 Å². The van der Waals surface area contributed by atoms with Gasteiger partial charge in [0.05, 0.1) is 16.9 Å². The highest BCUT2D eigenvalue weighted by Crippen LogP contribution is 2.29.